The number of hydrogen-bond acceptors (Lipinski definition) is 1. The molecule has 106 valence electrons. The lowest BCUT2D eigenvalue weighted by molar-refractivity contribution is 0.493. The largest absolute Gasteiger partial charge is 0.370 e. The average Bonchev–Trinajstić information content (AvgIpc) is 3.11. The minimum Gasteiger partial charge on any atom is -0.370 e. The molecule has 0 unspecified atom stereocenters. The van der Waals surface area contributed by atoms with Gasteiger partial charge in [0.25, 0.3) is 0 Å². The van der Waals surface area contributed by atoms with Gasteiger partial charge in [0.1, 0.15) is 5.82 Å². The Morgan fingerprint density at radius 1 is 1.42 bits per heavy atom. The van der Waals surface area contributed by atoms with Crippen molar-refractivity contribution < 1.29 is 4.39 Å². The van der Waals surface area contributed by atoms with E-state index in [2.05, 4.69) is 10.3 Å². The summed E-state index contributed by atoms with van der Waals surface area (Å²) >= 11 is 0. The standard InChI is InChI=1S/C14H20FN3.HI/c1-14(2,11-5-3-4-6-12(11)15)9-17-13(16)18-10-7-8-10;/h3-6,10H,7-9H2,1-2H3,(H3,16,17,18);1H. The number of hydrogen-bond donors (Lipinski definition) is 2. The first-order chi connectivity index (χ1) is 8.49. The molecule has 5 heteroatoms. The highest BCUT2D eigenvalue weighted by atomic mass is 127. The van der Waals surface area contributed by atoms with Crippen molar-refractivity contribution in [2.75, 3.05) is 6.54 Å². The van der Waals surface area contributed by atoms with Gasteiger partial charge in [0.15, 0.2) is 5.96 Å². The Morgan fingerprint density at radius 2 is 2.05 bits per heavy atom. The van der Waals surface area contributed by atoms with E-state index in [1.54, 1.807) is 12.1 Å². The highest BCUT2D eigenvalue weighted by molar-refractivity contribution is 14.0. The van der Waals surface area contributed by atoms with Crippen molar-refractivity contribution in [1.82, 2.24) is 5.32 Å². The predicted molar refractivity (Wildman–Crippen MR) is 87.5 cm³/mol. The quantitative estimate of drug-likeness (QED) is 0.482. The van der Waals surface area contributed by atoms with Gasteiger partial charge in [0, 0.05) is 11.5 Å². The molecule has 19 heavy (non-hydrogen) atoms. The first-order valence-corrected chi connectivity index (χ1v) is 6.30. The molecule has 1 aromatic rings. The third kappa shape index (κ3) is 4.63. The van der Waals surface area contributed by atoms with Crippen molar-refractivity contribution in [3.63, 3.8) is 0 Å². The Morgan fingerprint density at radius 3 is 2.63 bits per heavy atom. The summed E-state index contributed by atoms with van der Waals surface area (Å²) in [6.45, 7) is 4.41. The van der Waals surface area contributed by atoms with Crippen LogP contribution in [0.4, 0.5) is 4.39 Å². The van der Waals surface area contributed by atoms with Crippen LogP contribution in [0.25, 0.3) is 0 Å². The molecule has 1 fully saturated rings. The van der Waals surface area contributed by atoms with Crippen LogP contribution in [0, 0.1) is 5.82 Å². The van der Waals surface area contributed by atoms with Crippen LogP contribution in [0.2, 0.25) is 0 Å². The second-order valence-corrected chi connectivity index (χ2v) is 5.48. The van der Waals surface area contributed by atoms with E-state index in [1.807, 2.05) is 19.9 Å². The van der Waals surface area contributed by atoms with Crippen molar-refractivity contribution in [3.05, 3.63) is 35.6 Å². The molecular weight excluding hydrogens is 356 g/mol. The van der Waals surface area contributed by atoms with E-state index in [4.69, 9.17) is 5.73 Å². The number of nitrogens with zero attached hydrogens (tertiary/aromatic N) is 1. The lowest BCUT2D eigenvalue weighted by Gasteiger charge is -2.23. The van der Waals surface area contributed by atoms with Gasteiger partial charge in [-0.25, -0.2) is 4.39 Å². The third-order valence-corrected chi connectivity index (χ3v) is 3.18. The van der Waals surface area contributed by atoms with Gasteiger partial charge in [-0.1, -0.05) is 32.0 Å². The molecule has 0 aliphatic heterocycles. The van der Waals surface area contributed by atoms with Gasteiger partial charge in [-0.15, -0.1) is 24.0 Å². The molecule has 1 saturated carbocycles. The van der Waals surface area contributed by atoms with Crippen LogP contribution >= 0.6 is 24.0 Å². The Labute approximate surface area is 130 Å². The average molecular weight is 377 g/mol. The number of aliphatic imine (C=N–C) groups is 1. The van der Waals surface area contributed by atoms with Crippen LogP contribution in [-0.4, -0.2) is 18.5 Å². The van der Waals surface area contributed by atoms with Crippen molar-refractivity contribution in [3.8, 4) is 0 Å². The van der Waals surface area contributed by atoms with Gasteiger partial charge < -0.3 is 11.1 Å². The van der Waals surface area contributed by atoms with E-state index in [0.29, 0.717) is 24.1 Å². The fourth-order valence-corrected chi connectivity index (χ4v) is 1.86. The lowest BCUT2D eigenvalue weighted by Crippen LogP contribution is -2.35. The number of rotatable bonds is 4. The predicted octanol–water partition coefficient (Wildman–Crippen LogP) is 2.79. The van der Waals surface area contributed by atoms with Crippen molar-refractivity contribution in [2.45, 2.75) is 38.1 Å². The summed E-state index contributed by atoms with van der Waals surface area (Å²) in [7, 11) is 0. The number of nitrogens with one attached hydrogen (secondary N) is 1. The molecule has 0 radical (unpaired) electrons. The Balaban J connectivity index is 0.00000180. The van der Waals surface area contributed by atoms with Crippen LogP contribution in [0.3, 0.4) is 0 Å². The van der Waals surface area contributed by atoms with E-state index in [0.717, 1.165) is 12.8 Å². The molecule has 1 aromatic carbocycles. The van der Waals surface area contributed by atoms with E-state index in [-0.39, 0.29) is 35.2 Å². The zero-order valence-corrected chi connectivity index (χ0v) is 13.6. The lowest BCUT2D eigenvalue weighted by atomic mass is 9.84. The number of guanidine groups is 1. The van der Waals surface area contributed by atoms with Gasteiger partial charge >= 0.3 is 0 Å². The molecule has 3 nitrogen and oxygen atoms in total. The van der Waals surface area contributed by atoms with Crippen molar-refractivity contribution in [1.29, 1.82) is 0 Å². The van der Waals surface area contributed by atoms with Gasteiger partial charge in [-0.3, -0.25) is 4.99 Å². The Hall–Kier alpha value is -0.850. The summed E-state index contributed by atoms with van der Waals surface area (Å²) in [6.07, 6.45) is 2.32. The SMILES string of the molecule is CC(C)(CN=C(N)NC1CC1)c1ccccc1F.I. The fourth-order valence-electron chi connectivity index (χ4n) is 1.86. The summed E-state index contributed by atoms with van der Waals surface area (Å²) in [5.41, 5.74) is 6.10. The monoisotopic (exact) mass is 377 g/mol. The van der Waals surface area contributed by atoms with E-state index in [9.17, 15) is 4.39 Å². The number of nitrogens with two attached hydrogens (primary N) is 1. The summed E-state index contributed by atoms with van der Waals surface area (Å²) in [4.78, 5) is 4.31. The summed E-state index contributed by atoms with van der Waals surface area (Å²) in [5.74, 6) is 0.272. The topological polar surface area (TPSA) is 50.4 Å². The van der Waals surface area contributed by atoms with Crippen LogP contribution in [0.5, 0.6) is 0 Å². The fraction of sp³-hybridized carbons (Fsp3) is 0.500. The summed E-state index contributed by atoms with van der Waals surface area (Å²) in [6, 6.07) is 7.31. The molecule has 1 aliphatic rings. The maximum Gasteiger partial charge on any atom is 0.188 e. The molecular formula is C14H21FIN3. The highest BCUT2D eigenvalue weighted by Gasteiger charge is 2.25. The van der Waals surface area contributed by atoms with Gasteiger partial charge in [-0.2, -0.15) is 0 Å². The molecule has 0 spiro atoms. The molecule has 3 N–H and O–H groups in total. The zero-order chi connectivity index (χ0) is 13.2. The van der Waals surface area contributed by atoms with E-state index in [1.165, 1.54) is 6.07 Å². The van der Waals surface area contributed by atoms with Gasteiger partial charge in [0.05, 0.1) is 6.54 Å². The normalized spacial score (nSPS) is 15.8. The number of halogens is 2. The van der Waals surface area contributed by atoms with E-state index >= 15 is 0 Å². The number of benzene rings is 1. The van der Waals surface area contributed by atoms with Crippen LogP contribution in [-0.2, 0) is 5.41 Å². The summed E-state index contributed by atoms with van der Waals surface area (Å²) in [5, 5.41) is 3.13. The maximum absolute atomic E-state index is 13.7. The highest BCUT2D eigenvalue weighted by Crippen LogP contribution is 2.26. The molecule has 2 rings (SSSR count). The minimum absolute atomic E-state index is 0. The first kappa shape index (κ1) is 16.2. The molecule has 0 aromatic heterocycles. The molecule has 0 saturated heterocycles. The second kappa shape index (κ2) is 6.54. The van der Waals surface area contributed by atoms with Crippen molar-refractivity contribution in [2.24, 2.45) is 10.7 Å². The second-order valence-electron chi connectivity index (χ2n) is 5.48. The van der Waals surface area contributed by atoms with E-state index < -0.39 is 0 Å². The summed E-state index contributed by atoms with van der Waals surface area (Å²) < 4.78 is 13.7. The molecule has 0 amide bonds. The molecule has 1 aliphatic carbocycles. The maximum atomic E-state index is 13.7. The van der Waals surface area contributed by atoms with Crippen LogP contribution in [0.1, 0.15) is 32.3 Å². The van der Waals surface area contributed by atoms with Crippen molar-refractivity contribution >= 4 is 29.9 Å². The van der Waals surface area contributed by atoms with Crippen LogP contribution in [0.15, 0.2) is 29.3 Å². The zero-order valence-electron chi connectivity index (χ0n) is 11.3. The van der Waals surface area contributed by atoms with Gasteiger partial charge in [-0.05, 0) is 24.5 Å². The smallest absolute Gasteiger partial charge is 0.188 e. The molecule has 0 atom stereocenters. The molecule has 0 bridgehead atoms. The van der Waals surface area contributed by atoms with Crippen LogP contribution < -0.4 is 11.1 Å². The molecule has 0 heterocycles. The Bertz CT molecular complexity index is 456. The van der Waals surface area contributed by atoms with Gasteiger partial charge in [0.2, 0.25) is 0 Å². The third-order valence-electron chi connectivity index (χ3n) is 3.18. The Kier molecular flexibility index (Phi) is 5.58. The first-order valence-electron chi connectivity index (χ1n) is 6.30. The minimum atomic E-state index is -0.360.